The van der Waals surface area contributed by atoms with Gasteiger partial charge < -0.3 is 14.0 Å². The summed E-state index contributed by atoms with van der Waals surface area (Å²) in [5.41, 5.74) is 13.0. The second-order valence-electron chi connectivity index (χ2n) is 19.2. The molecule has 0 unspecified atom stereocenters. The summed E-state index contributed by atoms with van der Waals surface area (Å²) < 4.78 is 48.8. The number of rotatable bonds is 8. The molecule has 4 heterocycles. The fourth-order valence-electron chi connectivity index (χ4n) is 8.21. The van der Waals surface area contributed by atoms with Gasteiger partial charge in [0.05, 0.1) is 30.5 Å². The second kappa shape index (κ2) is 18.6. The van der Waals surface area contributed by atoms with Gasteiger partial charge in [-0.05, 0) is 100 Å². The quantitative estimate of drug-likeness (QED) is 0.112. The normalized spacial score (nSPS) is 13.5. The SMILES string of the molecule is Cc1ccc2c(n1)oc1c(-c3nc4ccccc4n3-c3c(C(C)C)cc(-c4ccccc4)cc3C(C)C)[c-]ccc12.[2H]C([2H])([2H])c1c[c-]c(-c2cc(C([2H])([2H])C(C)(C)C)c([Si](C)(C)C)cn2)cc1.[Ir]. The Morgan fingerprint density at radius 1 is 0.797 bits per heavy atom. The number of pyridine rings is 2. The number of para-hydroxylation sites is 2. The van der Waals surface area contributed by atoms with Crippen LogP contribution in [0.4, 0.5) is 0 Å². The first-order chi connectivity index (χ1) is 32.0. The number of furan rings is 1. The molecule has 0 spiro atoms. The molecule has 0 aliphatic carbocycles. The maximum Gasteiger partial charge on any atom is 0.216 e. The number of hydrogen-bond acceptors (Lipinski definition) is 4. The number of aromatic nitrogens is 4. The molecular formula is C57H60IrN4OSi-2. The number of benzene rings is 5. The van der Waals surface area contributed by atoms with E-state index in [0.29, 0.717) is 34.4 Å². The van der Waals surface area contributed by atoms with Crippen molar-refractivity contribution < 1.29 is 31.4 Å². The van der Waals surface area contributed by atoms with Crippen molar-refractivity contribution in [2.24, 2.45) is 5.41 Å². The fourth-order valence-corrected chi connectivity index (χ4v) is 9.60. The molecule has 0 aliphatic heterocycles. The Bertz CT molecular complexity index is 3260. The van der Waals surface area contributed by atoms with E-state index in [-0.39, 0.29) is 25.7 Å². The van der Waals surface area contributed by atoms with E-state index >= 15 is 0 Å². The molecule has 7 heteroatoms. The van der Waals surface area contributed by atoms with Crippen molar-refractivity contribution in [1.29, 1.82) is 0 Å². The maximum atomic E-state index is 8.79. The molecule has 329 valence electrons. The van der Waals surface area contributed by atoms with E-state index in [1.807, 2.05) is 52.0 Å². The van der Waals surface area contributed by atoms with Crippen molar-refractivity contribution in [1.82, 2.24) is 19.5 Å². The first-order valence-corrected chi connectivity index (χ1v) is 25.4. The largest absolute Gasteiger partial charge is 0.486 e. The van der Waals surface area contributed by atoms with Crippen LogP contribution in [-0.2, 0) is 26.5 Å². The van der Waals surface area contributed by atoms with Crippen molar-refractivity contribution in [2.45, 2.75) is 100 Å². The molecule has 0 aliphatic rings. The van der Waals surface area contributed by atoms with Gasteiger partial charge in [0.1, 0.15) is 0 Å². The summed E-state index contributed by atoms with van der Waals surface area (Å²) in [7, 11) is -1.81. The summed E-state index contributed by atoms with van der Waals surface area (Å²) in [6, 6.07) is 45.0. The number of aryl methyl sites for hydroxylation is 2. The van der Waals surface area contributed by atoms with Crippen LogP contribution in [0.1, 0.15) is 95.1 Å². The molecule has 5 nitrogen and oxygen atoms in total. The average Bonchev–Trinajstić information content (AvgIpc) is 3.86. The third kappa shape index (κ3) is 9.63. The molecule has 9 rings (SSSR count). The Balaban J connectivity index is 0.000000220. The zero-order chi connectivity index (χ0) is 49.1. The van der Waals surface area contributed by atoms with Crippen molar-refractivity contribution in [2.75, 3.05) is 0 Å². The smallest absolute Gasteiger partial charge is 0.216 e. The van der Waals surface area contributed by atoms with Crippen LogP contribution in [0.2, 0.25) is 19.6 Å². The standard InChI is InChI=1S/C37H32N3O.C20H28NSi.Ir/c1-22(2)30-20-26(25-12-7-6-8-13-25)21-31(23(3)4)34(30)40-33-17-10-9-16-32(33)39-36(40)29-15-11-14-27-28-19-18-24(5)38-37(28)41-35(27)29;1-15-8-10-16(11-9-15)18-12-17(13-20(2,3)4)19(14-21-18)22(5,6)7;/h6-14,16-23H,1-5H3;8-10,12,14H,13H2,1-7H3;/q2*-1;/i;1D3,13D2;. The molecule has 1 radical (unpaired) electrons. The minimum absolute atomic E-state index is 0. The van der Waals surface area contributed by atoms with E-state index in [1.165, 1.54) is 34.0 Å². The number of fused-ring (bicyclic) bond motifs is 4. The van der Waals surface area contributed by atoms with Crippen molar-refractivity contribution in [3.8, 4) is 39.5 Å². The van der Waals surface area contributed by atoms with Gasteiger partial charge in [-0.15, -0.1) is 53.6 Å². The third-order valence-electron chi connectivity index (χ3n) is 11.3. The van der Waals surface area contributed by atoms with Crippen molar-refractivity contribution in [3.05, 3.63) is 162 Å². The van der Waals surface area contributed by atoms with Gasteiger partial charge in [-0.1, -0.05) is 140 Å². The van der Waals surface area contributed by atoms with E-state index in [9.17, 15) is 0 Å². The molecule has 0 atom stereocenters. The summed E-state index contributed by atoms with van der Waals surface area (Å²) in [4.78, 5) is 14.5. The van der Waals surface area contributed by atoms with Crippen LogP contribution < -0.4 is 5.19 Å². The van der Waals surface area contributed by atoms with Gasteiger partial charge in [0.2, 0.25) is 5.71 Å². The van der Waals surface area contributed by atoms with E-state index in [2.05, 4.69) is 147 Å². The van der Waals surface area contributed by atoms with Gasteiger partial charge in [-0.25, -0.2) is 4.98 Å². The molecule has 5 aromatic carbocycles. The Morgan fingerprint density at radius 2 is 1.50 bits per heavy atom. The zero-order valence-corrected chi connectivity index (χ0v) is 42.1. The summed E-state index contributed by atoms with van der Waals surface area (Å²) in [5, 5.41) is 3.03. The molecule has 9 aromatic rings. The molecule has 4 aromatic heterocycles. The summed E-state index contributed by atoms with van der Waals surface area (Å²) in [5.74, 6) is 1.40. The minimum Gasteiger partial charge on any atom is -0.486 e. The van der Waals surface area contributed by atoms with E-state index in [0.717, 1.165) is 49.7 Å². The van der Waals surface area contributed by atoms with Crippen molar-refractivity contribution in [3.63, 3.8) is 0 Å². The Kier molecular flexibility index (Phi) is 11.6. The molecule has 0 fully saturated rings. The molecule has 0 bridgehead atoms. The van der Waals surface area contributed by atoms with Gasteiger partial charge in [0.15, 0.2) is 0 Å². The number of imidazole rings is 1. The van der Waals surface area contributed by atoms with Crippen LogP contribution in [0.5, 0.6) is 0 Å². The van der Waals surface area contributed by atoms with E-state index in [4.69, 9.17) is 16.3 Å². The summed E-state index contributed by atoms with van der Waals surface area (Å²) in [6.45, 7) is 21.2. The predicted molar refractivity (Wildman–Crippen MR) is 268 cm³/mol. The maximum absolute atomic E-state index is 8.79. The van der Waals surface area contributed by atoms with Crippen LogP contribution in [-0.4, -0.2) is 27.6 Å². The van der Waals surface area contributed by atoms with Gasteiger partial charge >= 0.3 is 0 Å². The minimum atomic E-state index is -2.17. The molecule has 0 N–H and O–H groups in total. The first-order valence-electron chi connectivity index (χ1n) is 24.4. The summed E-state index contributed by atoms with van der Waals surface area (Å²) in [6.07, 6.45) is 0.269. The molecular weight excluding hydrogens is 977 g/mol. The predicted octanol–water partition coefficient (Wildman–Crippen LogP) is 15.0. The molecule has 0 amide bonds. The third-order valence-corrected chi connectivity index (χ3v) is 13.3. The fraction of sp³-hybridized carbons (Fsp3) is 0.281. The van der Waals surface area contributed by atoms with Crippen LogP contribution in [0.3, 0.4) is 0 Å². The summed E-state index contributed by atoms with van der Waals surface area (Å²) >= 11 is 0. The zero-order valence-electron chi connectivity index (χ0n) is 43.7. The van der Waals surface area contributed by atoms with Crippen LogP contribution in [0.25, 0.3) is 72.6 Å². The van der Waals surface area contributed by atoms with Gasteiger partial charge in [0.25, 0.3) is 0 Å². The van der Waals surface area contributed by atoms with Gasteiger partial charge in [-0.3, -0.25) is 4.98 Å². The molecule has 0 saturated heterocycles. The van der Waals surface area contributed by atoms with Crippen LogP contribution >= 0.6 is 0 Å². The Labute approximate surface area is 401 Å². The number of hydrogen-bond donors (Lipinski definition) is 0. The molecule has 0 saturated carbocycles. The monoisotopic (exact) mass is 1040 g/mol. The number of nitrogens with zero attached hydrogens (tertiary/aromatic N) is 4. The topological polar surface area (TPSA) is 56.7 Å². The van der Waals surface area contributed by atoms with E-state index in [1.54, 1.807) is 18.3 Å². The Hall–Kier alpha value is -5.46. The Morgan fingerprint density at radius 3 is 2.14 bits per heavy atom. The second-order valence-corrected chi connectivity index (χ2v) is 24.2. The van der Waals surface area contributed by atoms with Crippen molar-refractivity contribution >= 4 is 46.4 Å². The van der Waals surface area contributed by atoms with E-state index < -0.39 is 26.7 Å². The first kappa shape index (κ1) is 40.1. The van der Waals surface area contributed by atoms with Gasteiger partial charge in [-0.2, -0.15) is 0 Å². The average molecular weight is 1040 g/mol. The van der Waals surface area contributed by atoms with Crippen LogP contribution in [0.15, 0.2) is 126 Å². The van der Waals surface area contributed by atoms with Crippen LogP contribution in [0, 0.1) is 31.3 Å². The molecule has 64 heavy (non-hydrogen) atoms. The van der Waals surface area contributed by atoms with Gasteiger partial charge in [0, 0.05) is 49.9 Å².